The van der Waals surface area contributed by atoms with Crippen LogP contribution in [0.3, 0.4) is 0 Å². The van der Waals surface area contributed by atoms with Gasteiger partial charge in [0, 0.05) is 37.6 Å². The summed E-state index contributed by atoms with van der Waals surface area (Å²) < 4.78 is 0. The van der Waals surface area contributed by atoms with Gasteiger partial charge in [0.15, 0.2) is 0 Å². The molecule has 32 heavy (non-hydrogen) atoms. The fourth-order valence-electron chi connectivity index (χ4n) is 4.18. The molecule has 1 saturated heterocycles. The van der Waals surface area contributed by atoms with E-state index in [1.807, 2.05) is 29.2 Å². The highest BCUT2D eigenvalue weighted by Crippen LogP contribution is 2.35. The Morgan fingerprint density at radius 1 is 1.00 bits per heavy atom. The molecule has 166 valence electrons. The molecule has 0 unspecified atom stereocenters. The van der Waals surface area contributed by atoms with Crippen LogP contribution in [0.2, 0.25) is 0 Å². The predicted molar refractivity (Wildman–Crippen MR) is 128 cm³/mol. The van der Waals surface area contributed by atoms with E-state index in [2.05, 4.69) is 59.2 Å². The zero-order valence-corrected chi connectivity index (χ0v) is 18.7. The largest absolute Gasteiger partial charge is 0.368 e. The second-order valence-electron chi connectivity index (χ2n) is 7.98. The summed E-state index contributed by atoms with van der Waals surface area (Å²) in [6, 6.07) is 14.1. The smallest absolute Gasteiger partial charge is 0.353 e. The van der Waals surface area contributed by atoms with Crippen LogP contribution in [0.5, 0.6) is 0 Å². The number of aromatic nitrogens is 2. The lowest BCUT2D eigenvalue weighted by Gasteiger charge is -2.37. The highest BCUT2D eigenvalue weighted by molar-refractivity contribution is 5.75. The molecule has 1 aromatic heterocycles. The van der Waals surface area contributed by atoms with E-state index in [-0.39, 0.29) is 16.4 Å². The topological polar surface area (TPSA) is 87.4 Å². The zero-order valence-electron chi connectivity index (χ0n) is 18.7. The minimum Gasteiger partial charge on any atom is -0.368 e. The summed E-state index contributed by atoms with van der Waals surface area (Å²) >= 11 is 0. The summed E-state index contributed by atoms with van der Waals surface area (Å²) in [7, 11) is 0. The minimum atomic E-state index is -0.386. The van der Waals surface area contributed by atoms with Gasteiger partial charge < -0.3 is 15.1 Å². The molecule has 0 atom stereocenters. The first-order valence-corrected chi connectivity index (χ1v) is 10.9. The molecule has 0 saturated carbocycles. The Bertz CT molecular complexity index is 1130. The van der Waals surface area contributed by atoms with E-state index in [0.29, 0.717) is 18.9 Å². The lowest BCUT2D eigenvalue weighted by molar-refractivity contribution is -0.383. The van der Waals surface area contributed by atoms with Gasteiger partial charge in [0.1, 0.15) is 6.33 Å². The molecule has 8 nitrogen and oxygen atoms in total. The molecule has 0 bridgehead atoms. The van der Waals surface area contributed by atoms with Gasteiger partial charge in [-0.3, -0.25) is 10.1 Å². The first-order valence-electron chi connectivity index (χ1n) is 10.9. The number of para-hydroxylation sites is 1. The fourth-order valence-corrected chi connectivity index (χ4v) is 4.18. The van der Waals surface area contributed by atoms with E-state index >= 15 is 0 Å². The molecular formula is C24H28N6O2. The third-order valence-corrected chi connectivity index (χ3v) is 6.13. The normalized spacial score (nSPS) is 13.8. The minimum absolute atomic E-state index is 0.0846. The van der Waals surface area contributed by atoms with Gasteiger partial charge in [-0.05, 0) is 49.1 Å². The van der Waals surface area contributed by atoms with Gasteiger partial charge in [0.2, 0.25) is 11.6 Å². The maximum Gasteiger partial charge on any atom is 0.353 e. The Hall–Kier alpha value is -3.68. The van der Waals surface area contributed by atoms with Crippen molar-refractivity contribution >= 4 is 28.7 Å². The number of hydrogen-bond acceptors (Lipinski definition) is 7. The van der Waals surface area contributed by atoms with Crippen LogP contribution in [-0.2, 0) is 6.42 Å². The zero-order chi connectivity index (χ0) is 22.7. The van der Waals surface area contributed by atoms with E-state index in [1.165, 1.54) is 23.1 Å². The number of anilines is 4. The summed E-state index contributed by atoms with van der Waals surface area (Å²) in [5.41, 5.74) is 5.57. The molecule has 4 rings (SSSR count). The van der Waals surface area contributed by atoms with E-state index in [1.54, 1.807) is 0 Å². The second-order valence-corrected chi connectivity index (χ2v) is 7.98. The van der Waals surface area contributed by atoms with Gasteiger partial charge in [0.05, 0.1) is 4.92 Å². The molecule has 2 heterocycles. The predicted octanol–water partition coefficient (Wildman–Crippen LogP) is 4.63. The van der Waals surface area contributed by atoms with Crippen molar-refractivity contribution in [1.29, 1.82) is 0 Å². The van der Waals surface area contributed by atoms with Crippen molar-refractivity contribution in [2.24, 2.45) is 0 Å². The summed E-state index contributed by atoms with van der Waals surface area (Å²) in [6.45, 7) is 9.14. The number of aryl methyl sites for hydroxylation is 2. The quantitative estimate of drug-likeness (QED) is 0.449. The van der Waals surface area contributed by atoms with Crippen molar-refractivity contribution in [3.8, 4) is 0 Å². The average Bonchev–Trinajstić information content (AvgIpc) is 2.81. The third-order valence-electron chi connectivity index (χ3n) is 6.13. The van der Waals surface area contributed by atoms with Gasteiger partial charge in [0.25, 0.3) is 0 Å². The molecule has 3 aromatic rings. The third kappa shape index (κ3) is 4.21. The van der Waals surface area contributed by atoms with Crippen LogP contribution in [0.4, 0.5) is 28.7 Å². The van der Waals surface area contributed by atoms with Gasteiger partial charge in [-0.15, -0.1) is 0 Å². The summed E-state index contributed by atoms with van der Waals surface area (Å²) in [5.74, 6) is 0.583. The Morgan fingerprint density at radius 2 is 1.72 bits per heavy atom. The number of rotatable bonds is 6. The van der Waals surface area contributed by atoms with Gasteiger partial charge in [-0.1, -0.05) is 37.3 Å². The highest BCUT2D eigenvalue weighted by Gasteiger charge is 2.30. The van der Waals surface area contributed by atoms with Crippen LogP contribution < -0.4 is 15.1 Å². The standard InChI is InChI=1S/C24H28N6O2/c1-4-19-9-5-6-10-20(19)27-23-22(30(31)32)24(26-16-25-23)29-14-12-28(13-15-29)21-11-7-8-17(2)18(21)3/h5-11,16H,4,12-15H2,1-3H3,(H,25,26,27). The number of nitrogens with one attached hydrogen (secondary N) is 1. The van der Waals surface area contributed by atoms with Crippen molar-refractivity contribution in [3.05, 3.63) is 75.6 Å². The van der Waals surface area contributed by atoms with E-state index < -0.39 is 0 Å². The molecule has 1 aliphatic heterocycles. The molecule has 0 spiro atoms. The molecule has 2 aromatic carbocycles. The first-order chi connectivity index (χ1) is 15.5. The molecule has 0 amide bonds. The molecule has 0 radical (unpaired) electrons. The van der Waals surface area contributed by atoms with Crippen molar-refractivity contribution < 1.29 is 4.92 Å². The number of nitrogens with zero attached hydrogens (tertiary/aromatic N) is 5. The average molecular weight is 433 g/mol. The van der Waals surface area contributed by atoms with Crippen molar-refractivity contribution in [2.75, 3.05) is 41.3 Å². The number of benzene rings is 2. The fraction of sp³-hybridized carbons (Fsp3) is 0.333. The van der Waals surface area contributed by atoms with Crippen molar-refractivity contribution in [3.63, 3.8) is 0 Å². The Morgan fingerprint density at radius 3 is 2.44 bits per heavy atom. The number of piperazine rings is 1. The van der Waals surface area contributed by atoms with Crippen LogP contribution in [0, 0.1) is 24.0 Å². The van der Waals surface area contributed by atoms with Crippen LogP contribution in [-0.4, -0.2) is 41.1 Å². The van der Waals surface area contributed by atoms with E-state index in [0.717, 1.165) is 30.8 Å². The number of nitro groups is 1. The van der Waals surface area contributed by atoms with Gasteiger partial charge in [-0.25, -0.2) is 9.97 Å². The Labute approximate surface area is 188 Å². The maximum absolute atomic E-state index is 12.0. The van der Waals surface area contributed by atoms with Gasteiger partial charge in [-0.2, -0.15) is 0 Å². The first kappa shape index (κ1) is 21.5. The molecule has 1 N–H and O–H groups in total. The highest BCUT2D eigenvalue weighted by atomic mass is 16.6. The summed E-state index contributed by atoms with van der Waals surface area (Å²) in [5, 5.41) is 15.2. The summed E-state index contributed by atoms with van der Waals surface area (Å²) in [6.07, 6.45) is 2.21. The van der Waals surface area contributed by atoms with Crippen LogP contribution in [0.25, 0.3) is 0 Å². The molecule has 1 aliphatic rings. The molecule has 0 aliphatic carbocycles. The summed E-state index contributed by atoms with van der Waals surface area (Å²) in [4.78, 5) is 24.5. The van der Waals surface area contributed by atoms with Crippen LogP contribution in [0.15, 0.2) is 48.8 Å². The van der Waals surface area contributed by atoms with Gasteiger partial charge >= 0.3 is 5.69 Å². The molecule has 8 heteroatoms. The van der Waals surface area contributed by atoms with E-state index in [9.17, 15) is 10.1 Å². The second kappa shape index (κ2) is 9.21. The lowest BCUT2D eigenvalue weighted by atomic mass is 10.1. The number of hydrogen-bond donors (Lipinski definition) is 1. The van der Waals surface area contributed by atoms with E-state index in [4.69, 9.17) is 0 Å². The Kier molecular flexibility index (Phi) is 6.20. The molecule has 1 fully saturated rings. The maximum atomic E-state index is 12.0. The molecular weight excluding hydrogens is 404 g/mol. The van der Waals surface area contributed by atoms with Crippen LogP contribution in [0.1, 0.15) is 23.6 Å². The Balaban J connectivity index is 1.59. The van der Waals surface area contributed by atoms with Crippen molar-refractivity contribution in [2.45, 2.75) is 27.2 Å². The van der Waals surface area contributed by atoms with Crippen molar-refractivity contribution in [1.82, 2.24) is 9.97 Å². The SMILES string of the molecule is CCc1ccccc1Nc1ncnc(N2CCN(c3cccc(C)c3C)CC2)c1[N+](=O)[O-]. The lowest BCUT2D eigenvalue weighted by Crippen LogP contribution is -2.47. The van der Waals surface area contributed by atoms with Crippen LogP contribution >= 0.6 is 0 Å². The monoisotopic (exact) mass is 432 g/mol.